The van der Waals surface area contributed by atoms with Crippen molar-refractivity contribution in [2.24, 2.45) is 0 Å². The highest BCUT2D eigenvalue weighted by Crippen LogP contribution is 2.13. The van der Waals surface area contributed by atoms with Gasteiger partial charge in [-0.25, -0.2) is 0 Å². The normalized spacial score (nSPS) is 13.8. The lowest BCUT2D eigenvalue weighted by molar-refractivity contribution is 1.10. The first-order valence-electron chi connectivity index (χ1n) is 8.65. The van der Waals surface area contributed by atoms with Crippen LogP contribution in [0.5, 0.6) is 0 Å². The van der Waals surface area contributed by atoms with Crippen molar-refractivity contribution in [3.63, 3.8) is 0 Å². The van der Waals surface area contributed by atoms with Gasteiger partial charge in [0.1, 0.15) is 0 Å². The summed E-state index contributed by atoms with van der Waals surface area (Å²) in [5, 5.41) is 0. The molecule has 22 heavy (non-hydrogen) atoms. The second kappa shape index (κ2) is 8.49. The molecular weight excluding hydrogens is 296 g/mol. The van der Waals surface area contributed by atoms with Crippen LogP contribution in [0, 0.1) is 13.8 Å². The Morgan fingerprint density at radius 2 is 0.909 bits per heavy atom. The van der Waals surface area contributed by atoms with E-state index in [1.165, 1.54) is 47.2 Å². The number of hydrogen-bond donors (Lipinski definition) is 0. The summed E-state index contributed by atoms with van der Waals surface area (Å²) in [7, 11) is -0.981. The van der Waals surface area contributed by atoms with Gasteiger partial charge in [0.05, 0.1) is 0 Å². The van der Waals surface area contributed by atoms with Crippen LogP contribution in [0.25, 0.3) is 0 Å². The van der Waals surface area contributed by atoms with Gasteiger partial charge in [0, 0.05) is 16.6 Å². The zero-order chi connectivity index (χ0) is 15.9. The molecule has 2 rings (SSSR count). The molecule has 0 aliphatic rings. The van der Waals surface area contributed by atoms with Crippen LogP contribution in [0.1, 0.15) is 22.3 Å². The number of aryl methyl sites for hydroxylation is 4. The Morgan fingerprint density at radius 3 is 1.23 bits per heavy atom. The summed E-state index contributed by atoms with van der Waals surface area (Å²) in [6.07, 6.45) is 2.60. The summed E-state index contributed by atoms with van der Waals surface area (Å²) < 4.78 is 0. The van der Waals surface area contributed by atoms with Crippen LogP contribution in [0.2, 0.25) is 25.2 Å². The van der Waals surface area contributed by atoms with E-state index in [4.69, 9.17) is 0 Å². The second-order valence-corrected chi connectivity index (χ2v) is 18.9. The lowest BCUT2D eigenvalue weighted by Crippen LogP contribution is -2.30. The van der Waals surface area contributed by atoms with Gasteiger partial charge in [0.2, 0.25) is 0 Å². The van der Waals surface area contributed by atoms with Crippen molar-refractivity contribution >= 4 is 16.6 Å². The maximum atomic E-state index is 2.61. The van der Waals surface area contributed by atoms with Crippen LogP contribution in [-0.2, 0) is 12.8 Å². The Balaban J connectivity index is 1.75. The summed E-state index contributed by atoms with van der Waals surface area (Å²) >= 11 is 0. The predicted molar refractivity (Wildman–Crippen MR) is 105 cm³/mol. The molecule has 0 N–H and O–H groups in total. The Morgan fingerprint density at radius 1 is 0.591 bits per heavy atom. The lowest BCUT2D eigenvalue weighted by atomic mass is 10.1. The smallest absolute Gasteiger partial charge is 0.0250 e. The van der Waals surface area contributed by atoms with Crippen molar-refractivity contribution in [3.05, 3.63) is 70.8 Å². The van der Waals surface area contributed by atoms with Crippen molar-refractivity contribution in [3.8, 4) is 0 Å². The Hall–Kier alpha value is -1.13. The van der Waals surface area contributed by atoms with E-state index in [2.05, 4.69) is 75.5 Å². The molecule has 2 atom stereocenters. The highest BCUT2D eigenvalue weighted by Gasteiger charge is 2.15. The third kappa shape index (κ3) is 5.58. The second-order valence-electron chi connectivity index (χ2n) is 7.00. The van der Waals surface area contributed by atoms with Crippen LogP contribution in [0.3, 0.4) is 0 Å². The summed E-state index contributed by atoms with van der Waals surface area (Å²) in [5.74, 6) is 0. The molecule has 0 spiro atoms. The molecule has 0 amide bonds. The van der Waals surface area contributed by atoms with Gasteiger partial charge in [-0.15, -0.1) is 0 Å². The van der Waals surface area contributed by atoms with E-state index in [0.29, 0.717) is 0 Å². The maximum Gasteiger partial charge on any atom is 0.0250 e. The van der Waals surface area contributed by atoms with Gasteiger partial charge in [-0.05, 0) is 37.8 Å². The summed E-state index contributed by atoms with van der Waals surface area (Å²) in [6.45, 7) is 9.56. The fraction of sp³-hybridized carbons (Fsp3) is 0.400. The third-order valence-electron chi connectivity index (χ3n) is 4.99. The van der Waals surface area contributed by atoms with Crippen LogP contribution in [0.4, 0.5) is 0 Å². The van der Waals surface area contributed by atoms with Crippen molar-refractivity contribution in [1.82, 2.24) is 0 Å². The first kappa shape index (κ1) is 17.2. The SMILES string of the molecule is Cc1ccc(CC[SiH](C)[SiH](C)CCc2ccc(C)cc2)cc1. The topological polar surface area (TPSA) is 0 Å². The summed E-state index contributed by atoms with van der Waals surface area (Å²) in [6, 6.07) is 21.2. The molecule has 0 aliphatic heterocycles. The van der Waals surface area contributed by atoms with E-state index in [9.17, 15) is 0 Å². The first-order valence-corrected chi connectivity index (χ1v) is 15.3. The average Bonchev–Trinajstić information content (AvgIpc) is 2.53. The predicted octanol–water partition coefficient (Wildman–Crippen LogP) is 4.88. The molecule has 0 saturated carbocycles. The Labute approximate surface area is 139 Å². The third-order valence-corrected chi connectivity index (χ3v) is 17.2. The van der Waals surface area contributed by atoms with Gasteiger partial charge >= 0.3 is 0 Å². The van der Waals surface area contributed by atoms with Gasteiger partial charge < -0.3 is 0 Å². The zero-order valence-electron chi connectivity index (χ0n) is 14.6. The van der Waals surface area contributed by atoms with Gasteiger partial charge in [0.15, 0.2) is 0 Å². The number of hydrogen-bond acceptors (Lipinski definition) is 0. The van der Waals surface area contributed by atoms with Crippen LogP contribution in [-0.4, -0.2) is 16.6 Å². The minimum Gasteiger partial charge on any atom is -0.0741 e. The van der Waals surface area contributed by atoms with Crippen molar-refractivity contribution in [2.45, 2.75) is 51.9 Å². The maximum absolute atomic E-state index is 2.61. The molecule has 0 fully saturated rings. The Bertz CT molecular complexity index is 504. The van der Waals surface area contributed by atoms with E-state index in [0.717, 1.165) is 0 Å². The molecule has 0 aliphatic carbocycles. The Kier molecular flexibility index (Phi) is 6.65. The lowest BCUT2D eigenvalue weighted by Gasteiger charge is -2.17. The van der Waals surface area contributed by atoms with Crippen LogP contribution >= 0.6 is 0 Å². The molecule has 2 aromatic rings. The van der Waals surface area contributed by atoms with E-state index in [-0.39, 0.29) is 0 Å². The first-order chi connectivity index (χ1) is 10.5. The molecule has 118 valence electrons. The minimum atomic E-state index is -0.491. The van der Waals surface area contributed by atoms with E-state index < -0.39 is 16.6 Å². The average molecular weight is 327 g/mol. The fourth-order valence-corrected chi connectivity index (χ4v) is 10.00. The molecule has 0 saturated heterocycles. The van der Waals surface area contributed by atoms with Gasteiger partial charge in [0.25, 0.3) is 0 Å². The van der Waals surface area contributed by atoms with Crippen molar-refractivity contribution in [2.75, 3.05) is 0 Å². The van der Waals surface area contributed by atoms with Gasteiger partial charge in [-0.3, -0.25) is 0 Å². The molecule has 0 heterocycles. The largest absolute Gasteiger partial charge is 0.0741 e. The minimum absolute atomic E-state index is 0.491. The molecule has 0 radical (unpaired) electrons. The molecular formula is C20H30Si2. The summed E-state index contributed by atoms with van der Waals surface area (Å²) in [5.41, 5.74) is 5.80. The number of benzene rings is 2. The van der Waals surface area contributed by atoms with Gasteiger partial charge in [-0.2, -0.15) is 0 Å². The molecule has 0 nitrogen and oxygen atoms in total. The standard InChI is InChI=1S/C20H30Si2/c1-17-5-9-19(10-6-17)13-15-21(3)22(4)16-14-20-11-7-18(2)8-12-20/h5-12,21-22H,13-16H2,1-4H3. The highest BCUT2D eigenvalue weighted by atomic mass is 29.2. The monoisotopic (exact) mass is 326 g/mol. The molecule has 2 aromatic carbocycles. The van der Waals surface area contributed by atoms with Crippen LogP contribution in [0.15, 0.2) is 48.5 Å². The quantitative estimate of drug-likeness (QED) is 0.636. The zero-order valence-corrected chi connectivity index (χ0v) is 16.9. The van der Waals surface area contributed by atoms with Crippen molar-refractivity contribution < 1.29 is 0 Å². The molecule has 2 heteroatoms. The van der Waals surface area contributed by atoms with E-state index in [1.54, 1.807) is 0 Å². The fourth-order valence-electron chi connectivity index (χ4n) is 2.87. The molecule has 2 unspecified atom stereocenters. The van der Waals surface area contributed by atoms with Crippen molar-refractivity contribution in [1.29, 1.82) is 0 Å². The van der Waals surface area contributed by atoms with E-state index in [1.807, 2.05) is 0 Å². The van der Waals surface area contributed by atoms with E-state index >= 15 is 0 Å². The van der Waals surface area contributed by atoms with Crippen LogP contribution < -0.4 is 0 Å². The number of rotatable bonds is 7. The molecule has 0 bridgehead atoms. The molecule has 0 aromatic heterocycles. The summed E-state index contributed by atoms with van der Waals surface area (Å²) in [4.78, 5) is 0. The highest BCUT2D eigenvalue weighted by molar-refractivity contribution is 7.21. The van der Waals surface area contributed by atoms with Gasteiger partial charge in [-0.1, -0.05) is 84.8 Å².